The molecule has 24 heavy (non-hydrogen) atoms. The summed E-state index contributed by atoms with van der Waals surface area (Å²) in [6.07, 6.45) is -4.53. The third kappa shape index (κ3) is 2.38. The van der Waals surface area contributed by atoms with Crippen LogP contribution in [0.4, 0.5) is 13.2 Å². The predicted octanol–water partition coefficient (Wildman–Crippen LogP) is 4.34. The highest BCUT2D eigenvalue weighted by molar-refractivity contribution is 6.15. The summed E-state index contributed by atoms with van der Waals surface area (Å²) in [6, 6.07) is 9.72. The Morgan fingerprint density at radius 3 is 2.00 bits per heavy atom. The smallest absolute Gasteiger partial charge is 0.386 e. The predicted molar refractivity (Wildman–Crippen MR) is 79.8 cm³/mol. The zero-order chi connectivity index (χ0) is 17.7. The highest BCUT2D eigenvalue weighted by Gasteiger charge is 2.42. The zero-order valence-corrected chi connectivity index (χ0v) is 12.9. The molecule has 1 aliphatic rings. The molecular weight excluding hydrogens is 321 g/mol. The summed E-state index contributed by atoms with van der Waals surface area (Å²) >= 11 is 0. The fraction of sp³-hybridized carbons (Fsp3) is 0.222. The van der Waals surface area contributed by atoms with E-state index < -0.39 is 29.1 Å². The first-order chi connectivity index (χ1) is 11.1. The molecule has 0 aromatic heterocycles. The number of alkyl halides is 3. The van der Waals surface area contributed by atoms with Crippen LogP contribution >= 0.6 is 0 Å². The first-order valence-electron chi connectivity index (χ1n) is 7.20. The van der Waals surface area contributed by atoms with Crippen LogP contribution in [0, 0.1) is 0 Å². The molecule has 3 rings (SSSR count). The molecule has 0 N–H and O–H groups in total. The molecule has 0 atom stereocenters. The van der Waals surface area contributed by atoms with Gasteiger partial charge in [0.2, 0.25) is 0 Å². The second kappa shape index (κ2) is 5.19. The lowest BCUT2D eigenvalue weighted by Gasteiger charge is -2.30. The number of rotatable bonds is 2. The Bertz CT molecular complexity index is 851. The third-order valence-electron chi connectivity index (χ3n) is 4.25. The van der Waals surface area contributed by atoms with Gasteiger partial charge in [0, 0.05) is 5.41 Å². The number of esters is 2. The van der Waals surface area contributed by atoms with Gasteiger partial charge in [0.05, 0.1) is 16.7 Å². The lowest BCUT2D eigenvalue weighted by atomic mass is 9.73. The summed E-state index contributed by atoms with van der Waals surface area (Å²) in [5.41, 5.74) is -1.46. The van der Waals surface area contributed by atoms with Crippen molar-refractivity contribution in [3.8, 4) is 0 Å². The van der Waals surface area contributed by atoms with Gasteiger partial charge in [-0.3, -0.25) is 0 Å². The van der Waals surface area contributed by atoms with Crippen molar-refractivity contribution in [2.75, 3.05) is 0 Å². The van der Waals surface area contributed by atoms with Crippen molar-refractivity contribution >= 4 is 11.9 Å². The minimum atomic E-state index is -4.53. The van der Waals surface area contributed by atoms with Crippen molar-refractivity contribution in [3.63, 3.8) is 0 Å². The van der Waals surface area contributed by atoms with Gasteiger partial charge in [-0.25, -0.2) is 9.59 Å². The van der Waals surface area contributed by atoms with Crippen LogP contribution in [0.1, 0.15) is 51.3 Å². The average Bonchev–Trinajstić information content (AvgIpc) is 2.81. The summed E-state index contributed by atoms with van der Waals surface area (Å²) in [7, 11) is 0. The molecule has 0 bridgehead atoms. The van der Waals surface area contributed by atoms with E-state index in [2.05, 4.69) is 4.74 Å². The third-order valence-corrected chi connectivity index (χ3v) is 4.25. The van der Waals surface area contributed by atoms with Crippen molar-refractivity contribution in [2.24, 2.45) is 0 Å². The molecule has 0 unspecified atom stereocenters. The quantitative estimate of drug-likeness (QED) is 0.606. The molecule has 6 heteroatoms. The first-order valence-corrected chi connectivity index (χ1v) is 7.20. The second-order valence-corrected chi connectivity index (χ2v) is 6.07. The molecular formula is C18H13F3O3. The van der Waals surface area contributed by atoms with Crippen LogP contribution in [-0.4, -0.2) is 11.9 Å². The number of carbonyl (C=O) groups is 2. The molecule has 0 aliphatic carbocycles. The van der Waals surface area contributed by atoms with Crippen molar-refractivity contribution in [2.45, 2.75) is 25.4 Å². The maximum Gasteiger partial charge on any atom is 0.416 e. The van der Waals surface area contributed by atoms with E-state index >= 15 is 0 Å². The summed E-state index contributed by atoms with van der Waals surface area (Å²) in [6.45, 7) is 3.17. The van der Waals surface area contributed by atoms with Crippen LogP contribution in [0.25, 0.3) is 0 Å². The summed E-state index contributed by atoms with van der Waals surface area (Å²) in [5, 5.41) is 0. The second-order valence-electron chi connectivity index (χ2n) is 6.07. The lowest BCUT2D eigenvalue weighted by Crippen LogP contribution is -2.26. The average molecular weight is 334 g/mol. The number of fused-ring (bicyclic) bond motifs is 1. The Morgan fingerprint density at radius 1 is 0.792 bits per heavy atom. The number of halogens is 3. The fourth-order valence-corrected chi connectivity index (χ4v) is 3.07. The molecule has 124 valence electrons. The van der Waals surface area contributed by atoms with Gasteiger partial charge >= 0.3 is 18.1 Å². The summed E-state index contributed by atoms with van der Waals surface area (Å²) < 4.78 is 44.7. The number of hydrogen-bond acceptors (Lipinski definition) is 3. The van der Waals surface area contributed by atoms with Crippen molar-refractivity contribution in [1.29, 1.82) is 0 Å². The standard InChI is InChI=1S/C18H13F3O3/c1-17(2,11-7-3-4-8-12(11)18(19,20)21)13-9-5-6-10-14(13)16(23)24-15(10)22/h3-9H,1-2H3. The minimum absolute atomic E-state index is 0.0260. The molecule has 0 amide bonds. The van der Waals surface area contributed by atoms with E-state index in [1.807, 2.05) is 0 Å². The van der Waals surface area contributed by atoms with Gasteiger partial charge in [0.25, 0.3) is 0 Å². The van der Waals surface area contributed by atoms with E-state index in [1.165, 1.54) is 30.3 Å². The van der Waals surface area contributed by atoms with E-state index in [0.29, 0.717) is 5.56 Å². The maximum absolute atomic E-state index is 13.4. The van der Waals surface area contributed by atoms with Gasteiger partial charge < -0.3 is 4.74 Å². The molecule has 1 aliphatic heterocycles. The monoisotopic (exact) mass is 334 g/mol. The molecule has 2 aromatic carbocycles. The van der Waals surface area contributed by atoms with Crippen LogP contribution in [0.15, 0.2) is 42.5 Å². The molecule has 0 saturated carbocycles. The lowest BCUT2D eigenvalue weighted by molar-refractivity contribution is -0.138. The van der Waals surface area contributed by atoms with E-state index in [4.69, 9.17) is 0 Å². The Balaban J connectivity index is 2.26. The van der Waals surface area contributed by atoms with Crippen LogP contribution < -0.4 is 0 Å². The van der Waals surface area contributed by atoms with Gasteiger partial charge in [-0.15, -0.1) is 0 Å². The van der Waals surface area contributed by atoms with Crippen molar-refractivity contribution in [1.82, 2.24) is 0 Å². The van der Waals surface area contributed by atoms with Gasteiger partial charge in [-0.2, -0.15) is 13.2 Å². The molecule has 2 aromatic rings. The fourth-order valence-electron chi connectivity index (χ4n) is 3.07. The topological polar surface area (TPSA) is 43.4 Å². The van der Waals surface area contributed by atoms with Crippen LogP contribution in [0.5, 0.6) is 0 Å². The Kier molecular flexibility index (Phi) is 3.51. The SMILES string of the molecule is CC(C)(c1ccccc1C(F)(F)F)c1cccc2c1C(=O)OC2=O. The molecule has 0 fully saturated rings. The van der Waals surface area contributed by atoms with Crippen LogP contribution in [0.3, 0.4) is 0 Å². The number of hydrogen-bond donors (Lipinski definition) is 0. The zero-order valence-electron chi connectivity index (χ0n) is 12.9. The number of ether oxygens (including phenoxy) is 1. The normalized spacial score (nSPS) is 14.5. The van der Waals surface area contributed by atoms with Gasteiger partial charge in [-0.05, 0) is 23.3 Å². The Labute approximate surface area is 136 Å². The molecule has 1 heterocycles. The first kappa shape index (κ1) is 16.2. The van der Waals surface area contributed by atoms with Crippen molar-refractivity contribution < 1.29 is 27.5 Å². The van der Waals surface area contributed by atoms with Crippen LogP contribution in [-0.2, 0) is 16.3 Å². The highest BCUT2D eigenvalue weighted by Crippen LogP contribution is 2.42. The maximum atomic E-state index is 13.4. The molecule has 0 radical (unpaired) electrons. The summed E-state index contributed by atoms with van der Waals surface area (Å²) in [5.74, 6) is -1.61. The Hall–Kier alpha value is -2.63. The van der Waals surface area contributed by atoms with Crippen LogP contribution in [0.2, 0.25) is 0 Å². The van der Waals surface area contributed by atoms with E-state index in [0.717, 1.165) is 6.07 Å². The van der Waals surface area contributed by atoms with Gasteiger partial charge in [0.15, 0.2) is 0 Å². The molecule has 3 nitrogen and oxygen atoms in total. The minimum Gasteiger partial charge on any atom is -0.386 e. The Morgan fingerprint density at radius 2 is 1.38 bits per heavy atom. The van der Waals surface area contributed by atoms with Gasteiger partial charge in [-0.1, -0.05) is 44.2 Å². The van der Waals surface area contributed by atoms with E-state index in [9.17, 15) is 22.8 Å². The van der Waals surface area contributed by atoms with Crippen molar-refractivity contribution in [3.05, 3.63) is 70.3 Å². The molecule has 0 saturated heterocycles. The van der Waals surface area contributed by atoms with Gasteiger partial charge in [0.1, 0.15) is 0 Å². The largest absolute Gasteiger partial charge is 0.416 e. The number of benzene rings is 2. The van der Waals surface area contributed by atoms with E-state index in [-0.39, 0.29) is 16.7 Å². The van der Waals surface area contributed by atoms with E-state index in [1.54, 1.807) is 19.9 Å². The molecule has 0 spiro atoms. The number of carbonyl (C=O) groups excluding carboxylic acids is 2. The summed E-state index contributed by atoms with van der Waals surface area (Å²) in [4.78, 5) is 23.7. The highest BCUT2D eigenvalue weighted by atomic mass is 19.4. The number of cyclic esters (lactones) is 2.